The maximum atomic E-state index is 3.52. The molecule has 2 heterocycles. The minimum Gasteiger partial charge on any atom is -0.316 e. The van der Waals surface area contributed by atoms with Gasteiger partial charge >= 0.3 is 0 Å². The molecule has 1 N–H and O–H groups in total. The molecule has 0 amide bonds. The van der Waals surface area contributed by atoms with Gasteiger partial charge in [0.25, 0.3) is 0 Å². The zero-order valence-corrected chi connectivity index (χ0v) is 12.8. The van der Waals surface area contributed by atoms with Gasteiger partial charge in [-0.05, 0) is 71.4 Å². The molecule has 2 fully saturated rings. The second kappa shape index (κ2) is 8.36. The van der Waals surface area contributed by atoms with E-state index in [1.165, 1.54) is 65.0 Å². The van der Waals surface area contributed by atoms with Gasteiger partial charge < -0.3 is 15.1 Å². The first-order valence-corrected chi connectivity index (χ1v) is 7.43. The molecule has 18 heavy (non-hydrogen) atoms. The fourth-order valence-corrected chi connectivity index (χ4v) is 3.31. The molecular formula is C14H30ClN3. The Labute approximate surface area is 119 Å². The van der Waals surface area contributed by atoms with Gasteiger partial charge in [-0.15, -0.1) is 12.4 Å². The van der Waals surface area contributed by atoms with Crippen LogP contribution in [0.25, 0.3) is 0 Å². The zero-order chi connectivity index (χ0) is 12.1. The maximum absolute atomic E-state index is 3.52. The van der Waals surface area contributed by atoms with E-state index in [0.29, 0.717) is 0 Å². The molecule has 2 aliphatic rings. The number of nitrogens with one attached hydrogen (secondary N) is 1. The lowest BCUT2D eigenvalue weighted by Gasteiger charge is -2.38. The molecule has 4 heteroatoms. The smallest absolute Gasteiger partial charge is 0.0117 e. The van der Waals surface area contributed by atoms with Gasteiger partial charge in [0.1, 0.15) is 0 Å². The van der Waals surface area contributed by atoms with Gasteiger partial charge in [0.15, 0.2) is 0 Å². The predicted molar refractivity (Wildman–Crippen MR) is 80.6 cm³/mol. The Morgan fingerprint density at radius 2 is 1.94 bits per heavy atom. The summed E-state index contributed by atoms with van der Waals surface area (Å²) in [5.74, 6) is 0.887. The summed E-state index contributed by atoms with van der Waals surface area (Å²) in [4.78, 5) is 5.21. The standard InChI is InChI=1S/C14H29N3.ClH/c1-3-17-9-6-14(7-10-17)16(2)12-13-5-4-8-15-11-13;/h13-15H,3-12H2,1-2H3;1H. The molecule has 0 radical (unpaired) electrons. The summed E-state index contributed by atoms with van der Waals surface area (Å²) >= 11 is 0. The Balaban J connectivity index is 0.00000162. The average Bonchev–Trinajstić information content (AvgIpc) is 2.40. The van der Waals surface area contributed by atoms with Crippen molar-refractivity contribution in [2.75, 3.05) is 46.3 Å². The molecule has 0 aliphatic carbocycles. The third-order valence-electron chi connectivity index (χ3n) is 4.57. The number of hydrogen-bond donors (Lipinski definition) is 1. The van der Waals surface area contributed by atoms with Crippen molar-refractivity contribution in [2.24, 2.45) is 5.92 Å². The van der Waals surface area contributed by atoms with Crippen molar-refractivity contribution in [1.29, 1.82) is 0 Å². The van der Waals surface area contributed by atoms with Crippen molar-refractivity contribution < 1.29 is 0 Å². The van der Waals surface area contributed by atoms with E-state index in [1.54, 1.807) is 0 Å². The van der Waals surface area contributed by atoms with Crippen molar-refractivity contribution in [3.05, 3.63) is 0 Å². The van der Waals surface area contributed by atoms with Crippen molar-refractivity contribution in [1.82, 2.24) is 15.1 Å². The van der Waals surface area contributed by atoms with Gasteiger partial charge in [-0.25, -0.2) is 0 Å². The highest BCUT2D eigenvalue weighted by atomic mass is 35.5. The summed E-state index contributed by atoms with van der Waals surface area (Å²) in [7, 11) is 2.33. The van der Waals surface area contributed by atoms with Crippen LogP contribution >= 0.6 is 12.4 Å². The first-order chi connectivity index (χ1) is 8.29. The van der Waals surface area contributed by atoms with E-state index >= 15 is 0 Å². The van der Waals surface area contributed by atoms with E-state index in [9.17, 15) is 0 Å². The fourth-order valence-electron chi connectivity index (χ4n) is 3.31. The van der Waals surface area contributed by atoms with E-state index in [1.807, 2.05) is 0 Å². The molecule has 1 atom stereocenters. The van der Waals surface area contributed by atoms with Crippen molar-refractivity contribution >= 4 is 12.4 Å². The monoisotopic (exact) mass is 275 g/mol. The summed E-state index contributed by atoms with van der Waals surface area (Å²) in [6.45, 7) is 9.86. The van der Waals surface area contributed by atoms with Crippen LogP contribution in [0.5, 0.6) is 0 Å². The Morgan fingerprint density at radius 3 is 2.50 bits per heavy atom. The summed E-state index contributed by atoms with van der Waals surface area (Å²) in [6.07, 6.45) is 5.52. The molecule has 3 nitrogen and oxygen atoms in total. The lowest BCUT2D eigenvalue weighted by atomic mass is 9.97. The Hall–Kier alpha value is 0.170. The highest BCUT2D eigenvalue weighted by Gasteiger charge is 2.24. The van der Waals surface area contributed by atoms with Crippen LogP contribution in [0.15, 0.2) is 0 Å². The zero-order valence-electron chi connectivity index (χ0n) is 12.0. The number of halogens is 1. The fraction of sp³-hybridized carbons (Fsp3) is 1.00. The van der Waals surface area contributed by atoms with Crippen LogP contribution < -0.4 is 5.32 Å². The molecule has 0 bridgehead atoms. The number of nitrogens with zero attached hydrogens (tertiary/aromatic N) is 2. The van der Waals surface area contributed by atoms with Gasteiger partial charge in [-0.1, -0.05) is 6.92 Å². The van der Waals surface area contributed by atoms with E-state index in [4.69, 9.17) is 0 Å². The lowest BCUT2D eigenvalue weighted by molar-refractivity contribution is 0.113. The van der Waals surface area contributed by atoms with Crippen molar-refractivity contribution in [3.8, 4) is 0 Å². The minimum absolute atomic E-state index is 0. The van der Waals surface area contributed by atoms with Gasteiger partial charge in [-0.3, -0.25) is 0 Å². The number of hydrogen-bond acceptors (Lipinski definition) is 3. The summed E-state index contributed by atoms with van der Waals surface area (Å²) in [5, 5.41) is 3.52. The van der Waals surface area contributed by atoms with Crippen LogP contribution in [0, 0.1) is 5.92 Å². The SMILES string of the molecule is CCN1CCC(N(C)CC2CCCNC2)CC1.Cl. The average molecular weight is 276 g/mol. The largest absolute Gasteiger partial charge is 0.316 e. The van der Waals surface area contributed by atoms with Gasteiger partial charge in [0.05, 0.1) is 0 Å². The van der Waals surface area contributed by atoms with Gasteiger partial charge in [-0.2, -0.15) is 0 Å². The normalized spacial score (nSPS) is 27.2. The van der Waals surface area contributed by atoms with Crippen molar-refractivity contribution in [2.45, 2.75) is 38.6 Å². The van der Waals surface area contributed by atoms with E-state index in [-0.39, 0.29) is 12.4 Å². The molecule has 108 valence electrons. The molecule has 0 aromatic heterocycles. The molecular weight excluding hydrogens is 246 g/mol. The van der Waals surface area contributed by atoms with E-state index < -0.39 is 0 Å². The van der Waals surface area contributed by atoms with Crippen LogP contribution in [-0.2, 0) is 0 Å². The first-order valence-electron chi connectivity index (χ1n) is 7.43. The topological polar surface area (TPSA) is 18.5 Å². The summed E-state index contributed by atoms with van der Waals surface area (Å²) < 4.78 is 0. The minimum atomic E-state index is 0. The van der Waals surface area contributed by atoms with Gasteiger partial charge in [0.2, 0.25) is 0 Å². The number of piperidine rings is 2. The number of likely N-dealkylation sites (tertiary alicyclic amines) is 1. The van der Waals surface area contributed by atoms with Crippen LogP contribution in [0.4, 0.5) is 0 Å². The molecule has 2 rings (SSSR count). The Bertz CT molecular complexity index is 211. The highest BCUT2D eigenvalue weighted by molar-refractivity contribution is 5.85. The van der Waals surface area contributed by atoms with Crippen molar-refractivity contribution in [3.63, 3.8) is 0 Å². The maximum Gasteiger partial charge on any atom is 0.0117 e. The molecule has 0 aromatic carbocycles. The van der Waals surface area contributed by atoms with Crippen LogP contribution in [0.1, 0.15) is 32.6 Å². The van der Waals surface area contributed by atoms with Gasteiger partial charge in [0, 0.05) is 12.6 Å². The molecule has 0 aromatic rings. The molecule has 2 aliphatic heterocycles. The second-order valence-corrected chi connectivity index (χ2v) is 5.82. The molecule has 0 saturated carbocycles. The van der Waals surface area contributed by atoms with Crippen LogP contribution in [0.2, 0.25) is 0 Å². The second-order valence-electron chi connectivity index (χ2n) is 5.82. The Morgan fingerprint density at radius 1 is 1.22 bits per heavy atom. The molecule has 0 spiro atoms. The third kappa shape index (κ3) is 4.69. The van der Waals surface area contributed by atoms with Crippen LogP contribution in [0.3, 0.4) is 0 Å². The summed E-state index contributed by atoms with van der Waals surface area (Å²) in [5.41, 5.74) is 0. The van der Waals surface area contributed by atoms with Crippen LogP contribution in [-0.4, -0.2) is 62.2 Å². The predicted octanol–water partition coefficient (Wildman–Crippen LogP) is 1.82. The number of rotatable bonds is 4. The molecule has 1 unspecified atom stereocenters. The lowest BCUT2D eigenvalue weighted by Crippen LogP contribution is -2.46. The van der Waals surface area contributed by atoms with E-state index in [0.717, 1.165) is 12.0 Å². The first kappa shape index (κ1) is 16.2. The summed E-state index contributed by atoms with van der Waals surface area (Å²) in [6, 6.07) is 0.833. The highest BCUT2D eigenvalue weighted by Crippen LogP contribution is 2.18. The third-order valence-corrected chi connectivity index (χ3v) is 4.57. The quantitative estimate of drug-likeness (QED) is 0.845. The Kier molecular flexibility index (Phi) is 7.54. The molecule has 2 saturated heterocycles. The van der Waals surface area contributed by atoms with E-state index in [2.05, 4.69) is 29.1 Å².